The van der Waals surface area contributed by atoms with Gasteiger partial charge in [0.25, 0.3) is 11.6 Å². The number of carbonyl (C=O) groups is 1. The van der Waals surface area contributed by atoms with Gasteiger partial charge in [0, 0.05) is 44.5 Å². The van der Waals surface area contributed by atoms with Gasteiger partial charge in [-0.25, -0.2) is 13.1 Å². The highest BCUT2D eigenvalue weighted by Gasteiger charge is 2.28. The fourth-order valence-corrected chi connectivity index (χ4v) is 5.43. The van der Waals surface area contributed by atoms with E-state index >= 15 is 0 Å². The number of nitro benzene ring substituents is 1. The molecule has 1 N–H and O–H groups in total. The van der Waals surface area contributed by atoms with Crippen LogP contribution in [0.4, 0.5) is 11.5 Å². The Morgan fingerprint density at radius 1 is 1.12 bits per heavy atom. The molecule has 0 spiro atoms. The smallest absolute Gasteiger partial charge is 0.273 e. The molecule has 1 amide bonds. The third-order valence-electron chi connectivity index (χ3n) is 5.54. The average Bonchev–Trinajstić information content (AvgIpc) is 3.37. The van der Waals surface area contributed by atoms with E-state index in [1.54, 1.807) is 20.0 Å². The van der Waals surface area contributed by atoms with E-state index < -0.39 is 20.9 Å². The molecule has 11 nitrogen and oxygen atoms in total. The van der Waals surface area contributed by atoms with Crippen molar-refractivity contribution in [2.45, 2.75) is 31.1 Å². The zero-order valence-electron chi connectivity index (χ0n) is 18.3. The molecule has 3 heterocycles. The third-order valence-corrected chi connectivity index (χ3v) is 7.41. The van der Waals surface area contributed by atoms with E-state index in [1.807, 2.05) is 0 Å². The maximum atomic E-state index is 13.0. The monoisotopic (exact) mass is 472 g/mol. The largest absolute Gasteiger partial charge is 0.345 e. The van der Waals surface area contributed by atoms with Gasteiger partial charge in [-0.2, -0.15) is 9.40 Å². The Kier molecular flexibility index (Phi) is 6.04. The maximum absolute atomic E-state index is 13.0. The number of aromatic nitrogens is 3. The summed E-state index contributed by atoms with van der Waals surface area (Å²) in [4.78, 5) is 23.5. The van der Waals surface area contributed by atoms with Crippen LogP contribution in [0.5, 0.6) is 0 Å². The lowest BCUT2D eigenvalue weighted by atomic mass is 10.2. The van der Waals surface area contributed by atoms with Crippen molar-refractivity contribution >= 4 is 27.4 Å². The zero-order chi connectivity index (χ0) is 23.8. The fraction of sp³-hybridized carbons (Fsp3) is 0.333. The van der Waals surface area contributed by atoms with Crippen LogP contribution in [-0.2, 0) is 17.1 Å². The highest BCUT2D eigenvalue weighted by atomic mass is 32.2. The molecule has 0 atom stereocenters. The lowest BCUT2D eigenvalue weighted by molar-refractivity contribution is -0.384. The summed E-state index contributed by atoms with van der Waals surface area (Å²) in [6, 6.07) is 8.81. The minimum Gasteiger partial charge on any atom is -0.345 e. The van der Waals surface area contributed by atoms with Crippen molar-refractivity contribution in [1.82, 2.24) is 18.7 Å². The SMILES string of the molecule is Cc1cc(NC(=O)c2cc(S(=O)(=O)N3CCCCC3)cn2C)n(-c2ccc([N+](=O)[O-])cc2)n1. The molecule has 3 aromatic rings. The highest BCUT2D eigenvalue weighted by molar-refractivity contribution is 7.89. The number of non-ortho nitro benzene ring substituents is 1. The Hall–Kier alpha value is -3.51. The topological polar surface area (TPSA) is 132 Å². The van der Waals surface area contributed by atoms with E-state index in [9.17, 15) is 23.3 Å². The molecule has 1 fully saturated rings. The Balaban J connectivity index is 1.59. The van der Waals surface area contributed by atoms with Gasteiger partial charge in [-0.15, -0.1) is 0 Å². The van der Waals surface area contributed by atoms with Crippen molar-refractivity contribution in [1.29, 1.82) is 0 Å². The van der Waals surface area contributed by atoms with Crippen molar-refractivity contribution in [3.63, 3.8) is 0 Å². The van der Waals surface area contributed by atoms with Gasteiger partial charge in [0.2, 0.25) is 10.0 Å². The Labute approximate surface area is 190 Å². The van der Waals surface area contributed by atoms with Gasteiger partial charge in [0.1, 0.15) is 16.4 Å². The van der Waals surface area contributed by atoms with Crippen LogP contribution in [-0.4, -0.2) is 51.0 Å². The van der Waals surface area contributed by atoms with E-state index in [0.717, 1.165) is 19.3 Å². The lowest BCUT2D eigenvalue weighted by Crippen LogP contribution is -2.35. The Morgan fingerprint density at radius 3 is 2.42 bits per heavy atom. The van der Waals surface area contributed by atoms with Crippen molar-refractivity contribution in [2.24, 2.45) is 7.05 Å². The number of amides is 1. The summed E-state index contributed by atoms with van der Waals surface area (Å²) < 4.78 is 30.3. The van der Waals surface area contributed by atoms with Crippen molar-refractivity contribution in [3.8, 4) is 5.69 Å². The molecular formula is C21H24N6O5S. The summed E-state index contributed by atoms with van der Waals surface area (Å²) in [6.07, 6.45) is 4.10. The van der Waals surface area contributed by atoms with Crippen LogP contribution in [0.25, 0.3) is 5.69 Å². The number of rotatable bonds is 6. The second-order valence-corrected chi connectivity index (χ2v) is 9.89. The fourth-order valence-electron chi connectivity index (χ4n) is 3.84. The normalized spacial score (nSPS) is 14.8. The van der Waals surface area contributed by atoms with Gasteiger partial charge in [0.05, 0.1) is 16.3 Å². The van der Waals surface area contributed by atoms with Crippen LogP contribution in [0.2, 0.25) is 0 Å². The first-order valence-electron chi connectivity index (χ1n) is 10.5. The molecule has 0 aliphatic carbocycles. The number of sulfonamides is 1. The minimum absolute atomic E-state index is 0.0560. The number of carbonyl (C=O) groups excluding carboxylic acids is 1. The molecule has 174 valence electrons. The van der Waals surface area contributed by atoms with E-state index in [1.165, 1.54) is 50.1 Å². The van der Waals surface area contributed by atoms with E-state index in [2.05, 4.69) is 10.4 Å². The predicted molar refractivity (Wildman–Crippen MR) is 121 cm³/mol. The van der Waals surface area contributed by atoms with Crippen LogP contribution in [0, 0.1) is 17.0 Å². The molecule has 1 aliphatic heterocycles. The number of benzene rings is 1. The van der Waals surface area contributed by atoms with Crippen LogP contribution >= 0.6 is 0 Å². The number of nitrogens with one attached hydrogen (secondary N) is 1. The minimum atomic E-state index is -3.67. The van der Waals surface area contributed by atoms with Gasteiger partial charge in [0.15, 0.2) is 0 Å². The van der Waals surface area contributed by atoms with Gasteiger partial charge in [-0.3, -0.25) is 14.9 Å². The molecule has 1 aromatic carbocycles. The average molecular weight is 473 g/mol. The number of nitro groups is 1. The summed E-state index contributed by atoms with van der Waals surface area (Å²) in [5.41, 5.74) is 1.28. The van der Waals surface area contributed by atoms with Gasteiger partial charge in [-0.05, 0) is 38.0 Å². The lowest BCUT2D eigenvalue weighted by Gasteiger charge is -2.25. The molecule has 0 radical (unpaired) electrons. The number of hydrogen-bond donors (Lipinski definition) is 1. The number of aryl methyl sites for hydroxylation is 2. The summed E-state index contributed by atoms with van der Waals surface area (Å²) in [5, 5.41) is 18.0. The van der Waals surface area contributed by atoms with Gasteiger partial charge < -0.3 is 9.88 Å². The standard InChI is InChI=1S/C21H24N6O5S/c1-15-12-20(26(23-15)16-6-8-17(9-7-16)27(29)30)22-21(28)19-13-18(14-24(19)2)33(31,32)25-10-4-3-5-11-25/h6-9,12-14H,3-5,10-11H2,1-2H3,(H,22,28). The van der Waals surface area contributed by atoms with E-state index in [0.29, 0.717) is 30.3 Å². The summed E-state index contributed by atoms with van der Waals surface area (Å²) in [5.74, 6) is -0.145. The first-order chi connectivity index (χ1) is 15.7. The molecule has 0 saturated carbocycles. The van der Waals surface area contributed by atoms with Gasteiger partial charge >= 0.3 is 0 Å². The molecule has 0 unspecified atom stereocenters. The van der Waals surface area contributed by atoms with Crippen molar-refractivity contribution in [3.05, 3.63) is 64.1 Å². The second-order valence-electron chi connectivity index (χ2n) is 7.95. The van der Waals surface area contributed by atoms with Crippen LogP contribution < -0.4 is 5.32 Å². The molecule has 12 heteroatoms. The van der Waals surface area contributed by atoms with Crippen LogP contribution in [0.15, 0.2) is 47.5 Å². The van der Waals surface area contributed by atoms with Crippen molar-refractivity contribution < 1.29 is 18.1 Å². The molecule has 1 saturated heterocycles. The molecular weight excluding hydrogens is 448 g/mol. The Bertz CT molecular complexity index is 1300. The highest BCUT2D eigenvalue weighted by Crippen LogP contribution is 2.24. The summed E-state index contributed by atoms with van der Waals surface area (Å²) in [7, 11) is -2.05. The maximum Gasteiger partial charge on any atom is 0.273 e. The summed E-state index contributed by atoms with van der Waals surface area (Å²) in [6.45, 7) is 2.71. The summed E-state index contributed by atoms with van der Waals surface area (Å²) >= 11 is 0. The van der Waals surface area contributed by atoms with E-state index in [-0.39, 0.29) is 16.3 Å². The predicted octanol–water partition coefficient (Wildman–Crippen LogP) is 2.85. The Morgan fingerprint density at radius 2 is 1.79 bits per heavy atom. The zero-order valence-corrected chi connectivity index (χ0v) is 19.1. The second kappa shape index (κ2) is 8.79. The van der Waals surface area contributed by atoms with Crippen molar-refractivity contribution in [2.75, 3.05) is 18.4 Å². The number of piperidine rings is 1. The first-order valence-corrected chi connectivity index (χ1v) is 11.9. The molecule has 33 heavy (non-hydrogen) atoms. The number of nitrogens with zero attached hydrogens (tertiary/aromatic N) is 5. The third kappa shape index (κ3) is 4.52. The molecule has 0 bridgehead atoms. The molecule has 4 rings (SSSR count). The van der Waals surface area contributed by atoms with Gasteiger partial charge in [-0.1, -0.05) is 6.42 Å². The van der Waals surface area contributed by atoms with Crippen LogP contribution in [0.3, 0.4) is 0 Å². The van der Waals surface area contributed by atoms with Crippen LogP contribution in [0.1, 0.15) is 35.4 Å². The number of hydrogen-bond acceptors (Lipinski definition) is 6. The van der Waals surface area contributed by atoms with E-state index in [4.69, 9.17) is 0 Å². The quantitative estimate of drug-likeness (QED) is 0.433. The molecule has 1 aliphatic rings. The first kappa shape index (κ1) is 22.7. The molecule has 2 aromatic heterocycles. The number of anilines is 1.